The summed E-state index contributed by atoms with van der Waals surface area (Å²) in [6.07, 6.45) is 3.32. The molecular formula is C17H19NO5. The SMILES string of the molecule is Cc1c(O)ccc2c1OC(=CN1CCC3(CC1)OCCO3)C2=O. The van der Waals surface area contributed by atoms with Crippen LogP contribution in [0.25, 0.3) is 0 Å². The van der Waals surface area contributed by atoms with E-state index in [1.165, 1.54) is 6.07 Å². The molecule has 0 bridgehead atoms. The first-order valence-electron chi connectivity index (χ1n) is 7.87. The van der Waals surface area contributed by atoms with Crippen LogP contribution >= 0.6 is 0 Å². The van der Waals surface area contributed by atoms with Crippen LogP contribution in [0, 0.1) is 6.92 Å². The van der Waals surface area contributed by atoms with Crippen LogP contribution in [0.3, 0.4) is 0 Å². The second-order valence-corrected chi connectivity index (χ2v) is 6.15. The molecule has 1 N–H and O–H groups in total. The molecule has 3 aliphatic rings. The van der Waals surface area contributed by atoms with Crippen molar-refractivity contribution in [3.05, 3.63) is 35.2 Å². The summed E-state index contributed by atoms with van der Waals surface area (Å²) in [6, 6.07) is 3.13. The number of rotatable bonds is 1. The Morgan fingerprint density at radius 2 is 1.91 bits per heavy atom. The third-order valence-electron chi connectivity index (χ3n) is 4.73. The van der Waals surface area contributed by atoms with Gasteiger partial charge in [0.05, 0.1) is 18.8 Å². The average Bonchev–Trinajstić information content (AvgIpc) is 3.13. The Labute approximate surface area is 134 Å². The Hall–Kier alpha value is -2.05. The van der Waals surface area contributed by atoms with Crippen molar-refractivity contribution in [1.29, 1.82) is 0 Å². The predicted octanol–water partition coefficient (Wildman–Crippen LogP) is 1.96. The first kappa shape index (κ1) is 14.5. The Morgan fingerprint density at radius 3 is 2.61 bits per heavy atom. The highest BCUT2D eigenvalue weighted by Crippen LogP contribution is 2.38. The molecule has 0 radical (unpaired) electrons. The molecule has 1 spiro atoms. The topological polar surface area (TPSA) is 68.2 Å². The molecule has 0 saturated carbocycles. The molecule has 0 atom stereocenters. The lowest BCUT2D eigenvalue weighted by Crippen LogP contribution is -2.43. The monoisotopic (exact) mass is 317 g/mol. The van der Waals surface area contributed by atoms with Gasteiger partial charge in [-0.1, -0.05) is 0 Å². The number of ether oxygens (including phenoxy) is 3. The maximum absolute atomic E-state index is 12.4. The fourth-order valence-corrected chi connectivity index (χ4v) is 3.31. The molecule has 122 valence electrons. The van der Waals surface area contributed by atoms with Crippen LogP contribution in [0.4, 0.5) is 0 Å². The number of carbonyl (C=O) groups excluding carboxylic acids is 1. The zero-order valence-electron chi connectivity index (χ0n) is 13.0. The van der Waals surface area contributed by atoms with E-state index in [9.17, 15) is 9.90 Å². The number of fused-ring (bicyclic) bond motifs is 1. The van der Waals surface area contributed by atoms with Crippen molar-refractivity contribution < 1.29 is 24.1 Å². The van der Waals surface area contributed by atoms with Crippen molar-refractivity contribution in [2.75, 3.05) is 26.3 Å². The van der Waals surface area contributed by atoms with E-state index in [2.05, 4.69) is 4.90 Å². The number of benzene rings is 1. The fourth-order valence-electron chi connectivity index (χ4n) is 3.31. The quantitative estimate of drug-likeness (QED) is 0.799. The number of carbonyl (C=O) groups is 1. The van der Waals surface area contributed by atoms with Crippen LogP contribution < -0.4 is 4.74 Å². The molecule has 0 aliphatic carbocycles. The highest BCUT2D eigenvalue weighted by Gasteiger charge is 2.40. The minimum Gasteiger partial charge on any atom is -0.508 e. The number of phenols is 1. The molecule has 4 rings (SSSR count). The van der Waals surface area contributed by atoms with E-state index in [1.807, 2.05) is 0 Å². The maximum atomic E-state index is 12.4. The lowest BCUT2D eigenvalue weighted by Gasteiger charge is -2.37. The molecule has 1 aromatic rings. The molecule has 2 fully saturated rings. The van der Waals surface area contributed by atoms with Crippen molar-refractivity contribution in [2.24, 2.45) is 0 Å². The summed E-state index contributed by atoms with van der Waals surface area (Å²) < 4.78 is 17.1. The van der Waals surface area contributed by atoms with Crippen LogP contribution in [0.5, 0.6) is 11.5 Å². The Balaban J connectivity index is 1.50. The zero-order chi connectivity index (χ0) is 16.0. The van der Waals surface area contributed by atoms with Gasteiger partial charge in [-0.3, -0.25) is 4.79 Å². The second-order valence-electron chi connectivity index (χ2n) is 6.15. The molecule has 3 aliphatic heterocycles. The first-order valence-corrected chi connectivity index (χ1v) is 7.87. The molecule has 0 amide bonds. The second kappa shape index (κ2) is 5.25. The van der Waals surface area contributed by atoms with Crippen molar-refractivity contribution >= 4 is 5.78 Å². The van der Waals surface area contributed by atoms with E-state index in [0.29, 0.717) is 35.8 Å². The molecule has 1 aromatic carbocycles. The van der Waals surface area contributed by atoms with Gasteiger partial charge in [0.2, 0.25) is 5.78 Å². The minimum absolute atomic E-state index is 0.133. The number of allylic oxidation sites excluding steroid dienone is 1. The van der Waals surface area contributed by atoms with Crippen LogP contribution in [0.1, 0.15) is 28.8 Å². The third-order valence-corrected chi connectivity index (χ3v) is 4.73. The van der Waals surface area contributed by atoms with Crippen molar-refractivity contribution in [1.82, 2.24) is 4.90 Å². The molecule has 0 aromatic heterocycles. The van der Waals surface area contributed by atoms with Crippen LogP contribution in [-0.2, 0) is 9.47 Å². The summed E-state index contributed by atoms with van der Waals surface area (Å²) >= 11 is 0. The summed E-state index contributed by atoms with van der Waals surface area (Å²) in [4.78, 5) is 14.5. The molecule has 2 saturated heterocycles. The fraction of sp³-hybridized carbons (Fsp3) is 0.471. The smallest absolute Gasteiger partial charge is 0.233 e. The summed E-state index contributed by atoms with van der Waals surface area (Å²) in [5.74, 6) is 0.320. The number of phenolic OH excluding ortho intramolecular Hbond substituents is 1. The molecule has 6 heteroatoms. The lowest BCUT2D eigenvalue weighted by atomic mass is 10.0. The highest BCUT2D eigenvalue weighted by molar-refractivity contribution is 6.12. The van der Waals surface area contributed by atoms with E-state index >= 15 is 0 Å². The van der Waals surface area contributed by atoms with Crippen molar-refractivity contribution in [2.45, 2.75) is 25.6 Å². The standard InChI is InChI=1S/C17H19NO5/c1-11-13(19)3-2-12-15(20)14(23-16(11)12)10-18-6-4-17(5-7-18)21-8-9-22-17/h2-3,10,19H,4-9H2,1H3. The van der Waals surface area contributed by atoms with Gasteiger partial charge in [-0.05, 0) is 19.1 Å². The maximum Gasteiger partial charge on any atom is 0.233 e. The van der Waals surface area contributed by atoms with Crippen LogP contribution in [0.15, 0.2) is 24.1 Å². The highest BCUT2D eigenvalue weighted by atomic mass is 16.7. The minimum atomic E-state index is -0.430. The molecule has 6 nitrogen and oxygen atoms in total. The van der Waals surface area contributed by atoms with E-state index in [1.54, 1.807) is 19.2 Å². The molecule has 3 heterocycles. The summed E-state index contributed by atoms with van der Waals surface area (Å²) in [5.41, 5.74) is 1.09. The van der Waals surface area contributed by atoms with E-state index < -0.39 is 5.79 Å². The van der Waals surface area contributed by atoms with Gasteiger partial charge in [0, 0.05) is 37.7 Å². The van der Waals surface area contributed by atoms with Gasteiger partial charge in [0.25, 0.3) is 0 Å². The number of hydrogen-bond acceptors (Lipinski definition) is 6. The number of piperidine rings is 1. The first-order chi connectivity index (χ1) is 11.1. The summed E-state index contributed by atoms with van der Waals surface area (Å²) in [6.45, 7) is 4.55. The average molecular weight is 317 g/mol. The van der Waals surface area contributed by atoms with E-state index in [0.717, 1.165) is 25.9 Å². The number of hydrogen-bond donors (Lipinski definition) is 1. The van der Waals surface area contributed by atoms with Crippen LogP contribution in [-0.4, -0.2) is 47.9 Å². The zero-order valence-corrected chi connectivity index (χ0v) is 13.0. The summed E-state index contributed by atoms with van der Waals surface area (Å²) in [5, 5.41) is 9.75. The van der Waals surface area contributed by atoms with Gasteiger partial charge in [0.15, 0.2) is 11.5 Å². The Kier molecular flexibility index (Phi) is 3.32. The number of aromatic hydroxyl groups is 1. The van der Waals surface area contributed by atoms with E-state index in [4.69, 9.17) is 14.2 Å². The summed E-state index contributed by atoms with van der Waals surface area (Å²) in [7, 11) is 0. The lowest BCUT2D eigenvalue weighted by molar-refractivity contribution is -0.182. The van der Waals surface area contributed by atoms with E-state index in [-0.39, 0.29) is 11.5 Å². The normalized spacial score (nSPS) is 24.3. The third kappa shape index (κ3) is 2.38. The Morgan fingerprint density at radius 1 is 1.22 bits per heavy atom. The number of likely N-dealkylation sites (tertiary alicyclic amines) is 1. The van der Waals surface area contributed by atoms with Gasteiger partial charge in [-0.25, -0.2) is 0 Å². The largest absolute Gasteiger partial charge is 0.508 e. The van der Waals surface area contributed by atoms with Crippen molar-refractivity contribution in [3.63, 3.8) is 0 Å². The van der Waals surface area contributed by atoms with Gasteiger partial charge >= 0.3 is 0 Å². The molecule has 23 heavy (non-hydrogen) atoms. The number of ketones is 1. The van der Waals surface area contributed by atoms with Gasteiger partial charge < -0.3 is 24.2 Å². The Bertz CT molecular complexity index is 680. The molecular weight excluding hydrogens is 298 g/mol. The van der Waals surface area contributed by atoms with Gasteiger partial charge in [-0.15, -0.1) is 0 Å². The predicted molar refractivity (Wildman–Crippen MR) is 81.3 cm³/mol. The molecule has 0 unspecified atom stereocenters. The van der Waals surface area contributed by atoms with Gasteiger partial charge in [0.1, 0.15) is 11.5 Å². The number of nitrogens with zero attached hydrogens (tertiary/aromatic N) is 1. The van der Waals surface area contributed by atoms with Crippen LogP contribution in [0.2, 0.25) is 0 Å². The number of Topliss-reactive ketones (excluding diaryl/α,β-unsaturated/α-hetero) is 1. The van der Waals surface area contributed by atoms with Crippen molar-refractivity contribution in [3.8, 4) is 11.5 Å². The van der Waals surface area contributed by atoms with Gasteiger partial charge in [-0.2, -0.15) is 0 Å².